The Labute approximate surface area is 174 Å². The summed E-state index contributed by atoms with van der Waals surface area (Å²) in [6.07, 6.45) is 5.92. The lowest BCUT2D eigenvalue weighted by Crippen LogP contribution is -2.55. The van der Waals surface area contributed by atoms with Crippen LogP contribution in [0.25, 0.3) is 0 Å². The molecule has 29 heavy (non-hydrogen) atoms. The van der Waals surface area contributed by atoms with Crippen molar-refractivity contribution in [3.8, 4) is 0 Å². The van der Waals surface area contributed by atoms with Gasteiger partial charge in [0.2, 0.25) is 0 Å². The van der Waals surface area contributed by atoms with Crippen molar-refractivity contribution < 1.29 is 4.39 Å². The summed E-state index contributed by atoms with van der Waals surface area (Å²) in [6.45, 7) is 12.9. The van der Waals surface area contributed by atoms with E-state index in [4.69, 9.17) is 0 Å². The first-order valence-electron chi connectivity index (χ1n) is 11.1. The zero-order valence-electron chi connectivity index (χ0n) is 17.9. The average Bonchev–Trinajstić information content (AvgIpc) is 3.08. The molecule has 6 heteroatoms. The third-order valence-electron chi connectivity index (χ3n) is 6.40. The molecule has 0 aliphatic carbocycles. The number of rotatable bonds is 6. The first-order chi connectivity index (χ1) is 14.1. The van der Waals surface area contributed by atoms with E-state index >= 15 is 0 Å². The topological polar surface area (TPSA) is 27.5 Å². The molecule has 2 aliphatic heterocycles. The molecular formula is C23H34FN5. The van der Waals surface area contributed by atoms with Crippen LogP contribution in [0.1, 0.15) is 37.4 Å². The highest BCUT2D eigenvalue weighted by atomic mass is 19.1. The molecule has 2 aliphatic rings. The molecule has 2 aromatic rings. The fourth-order valence-corrected chi connectivity index (χ4v) is 4.77. The molecular weight excluding hydrogens is 365 g/mol. The molecule has 3 heterocycles. The molecule has 0 saturated carbocycles. The molecule has 4 rings (SSSR count). The van der Waals surface area contributed by atoms with Gasteiger partial charge in [0.25, 0.3) is 0 Å². The van der Waals surface area contributed by atoms with Crippen LogP contribution in [-0.2, 0) is 13.1 Å². The Balaban J connectivity index is 1.30. The van der Waals surface area contributed by atoms with Gasteiger partial charge in [0.15, 0.2) is 0 Å². The van der Waals surface area contributed by atoms with Crippen LogP contribution < -0.4 is 4.90 Å². The number of piperazine rings is 1. The van der Waals surface area contributed by atoms with E-state index in [1.54, 1.807) is 12.1 Å². The third-order valence-corrected chi connectivity index (χ3v) is 6.40. The molecule has 5 nitrogen and oxygen atoms in total. The molecule has 2 saturated heterocycles. The third kappa shape index (κ3) is 4.98. The number of hydrogen-bond acceptors (Lipinski definition) is 4. The summed E-state index contributed by atoms with van der Waals surface area (Å²) in [5, 5.41) is 4.67. The number of benzene rings is 1. The smallest absolute Gasteiger partial charge is 0.123 e. The lowest BCUT2D eigenvalue weighted by atomic mass is 10.0. The van der Waals surface area contributed by atoms with Gasteiger partial charge >= 0.3 is 0 Å². The number of aromatic nitrogens is 2. The molecule has 0 N–H and O–H groups in total. The quantitative estimate of drug-likeness (QED) is 0.743. The number of anilines is 1. The predicted octanol–water partition coefficient (Wildman–Crippen LogP) is 3.53. The maximum atomic E-state index is 13.2. The number of piperidine rings is 1. The SMILES string of the molecule is CCCn1cc(CN2CCCC(N3CCN(c4ccc(F)cc4)CC3)C2)c(C)n1. The van der Waals surface area contributed by atoms with Crippen molar-refractivity contribution in [2.45, 2.75) is 52.2 Å². The summed E-state index contributed by atoms with van der Waals surface area (Å²) in [4.78, 5) is 7.66. The van der Waals surface area contributed by atoms with Gasteiger partial charge in [-0.05, 0) is 57.0 Å². The molecule has 0 bridgehead atoms. The van der Waals surface area contributed by atoms with E-state index in [9.17, 15) is 4.39 Å². The van der Waals surface area contributed by atoms with Gasteiger partial charge in [-0.1, -0.05) is 6.92 Å². The van der Waals surface area contributed by atoms with E-state index in [1.807, 2.05) is 12.1 Å². The van der Waals surface area contributed by atoms with Crippen LogP contribution in [0.2, 0.25) is 0 Å². The van der Waals surface area contributed by atoms with E-state index in [2.05, 4.69) is 44.5 Å². The Hall–Kier alpha value is -1.92. The molecule has 0 radical (unpaired) electrons. The fraction of sp³-hybridized carbons (Fsp3) is 0.609. The summed E-state index contributed by atoms with van der Waals surface area (Å²) in [6, 6.07) is 7.56. The maximum Gasteiger partial charge on any atom is 0.123 e. The molecule has 1 aromatic carbocycles. The molecule has 158 valence electrons. The number of likely N-dealkylation sites (tertiary alicyclic amines) is 1. The normalized spacial score (nSPS) is 21.6. The minimum Gasteiger partial charge on any atom is -0.369 e. The number of nitrogens with zero attached hydrogens (tertiary/aromatic N) is 5. The van der Waals surface area contributed by atoms with Crippen LogP contribution in [0.5, 0.6) is 0 Å². The summed E-state index contributed by atoms with van der Waals surface area (Å²) < 4.78 is 15.3. The molecule has 1 atom stereocenters. The van der Waals surface area contributed by atoms with Gasteiger partial charge in [-0.15, -0.1) is 0 Å². The van der Waals surface area contributed by atoms with Crippen LogP contribution in [0.15, 0.2) is 30.5 Å². The zero-order chi connectivity index (χ0) is 20.2. The van der Waals surface area contributed by atoms with E-state index in [-0.39, 0.29) is 5.82 Å². The lowest BCUT2D eigenvalue weighted by Gasteiger charge is -2.44. The summed E-state index contributed by atoms with van der Waals surface area (Å²) in [7, 11) is 0. The van der Waals surface area contributed by atoms with E-state index in [1.165, 1.54) is 30.6 Å². The minimum atomic E-state index is -0.162. The van der Waals surface area contributed by atoms with Crippen molar-refractivity contribution >= 4 is 5.69 Å². The molecule has 2 fully saturated rings. The van der Waals surface area contributed by atoms with Crippen LogP contribution in [-0.4, -0.2) is 64.9 Å². The van der Waals surface area contributed by atoms with Crippen molar-refractivity contribution in [1.82, 2.24) is 19.6 Å². The summed E-state index contributed by atoms with van der Waals surface area (Å²) >= 11 is 0. The highest BCUT2D eigenvalue weighted by Crippen LogP contribution is 2.22. The van der Waals surface area contributed by atoms with E-state index < -0.39 is 0 Å². The van der Waals surface area contributed by atoms with Crippen molar-refractivity contribution in [2.75, 3.05) is 44.2 Å². The number of hydrogen-bond donors (Lipinski definition) is 0. The van der Waals surface area contributed by atoms with Gasteiger partial charge < -0.3 is 4.90 Å². The Bertz CT molecular complexity index is 779. The highest BCUT2D eigenvalue weighted by Gasteiger charge is 2.28. The van der Waals surface area contributed by atoms with Gasteiger partial charge in [0.1, 0.15) is 5.82 Å². The monoisotopic (exact) mass is 399 g/mol. The highest BCUT2D eigenvalue weighted by molar-refractivity contribution is 5.46. The van der Waals surface area contributed by atoms with Crippen LogP contribution in [0.3, 0.4) is 0 Å². The molecule has 0 amide bonds. The number of halogens is 1. The molecule has 1 unspecified atom stereocenters. The first kappa shape index (κ1) is 20.4. The van der Waals surface area contributed by atoms with Gasteiger partial charge in [-0.2, -0.15) is 5.10 Å². The Morgan fingerprint density at radius 3 is 2.55 bits per heavy atom. The summed E-state index contributed by atoms with van der Waals surface area (Å²) in [5.41, 5.74) is 3.68. The Morgan fingerprint density at radius 2 is 1.83 bits per heavy atom. The Kier molecular flexibility index (Phi) is 6.50. The lowest BCUT2D eigenvalue weighted by molar-refractivity contribution is 0.0886. The number of aryl methyl sites for hydroxylation is 2. The Morgan fingerprint density at radius 1 is 1.07 bits per heavy atom. The predicted molar refractivity (Wildman–Crippen MR) is 116 cm³/mol. The second-order valence-corrected chi connectivity index (χ2v) is 8.53. The van der Waals surface area contributed by atoms with Crippen molar-refractivity contribution in [1.29, 1.82) is 0 Å². The van der Waals surface area contributed by atoms with Crippen molar-refractivity contribution in [3.05, 3.63) is 47.5 Å². The van der Waals surface area contributed by atoms with Crippen molar-refractivity contribution in [3.63, 3.8) is 0 Å². The minimum absolute atomic E-state index is 0.162. The fourth-order valence-electron chi connectivity index (χ4n) is 4.77. The zero-order valence-corrected chi connectivity index (χ0v) is 17.9. The second kappa shape index (κ2) is 9.26. The standard InChI is InChI=1S/C23H34FN5/c1-3-10-29-17-20(19(2)25-29)16-26-11-4-5-23(18-26)28-14-12-27(13-15-28)22-8-6-21(24)7-9-22/h6-9,17,23H,3-5,10-16,18H2,1-2H3. The largest absolute Gasteiger partial charge is 0.369 e. The van der Waals surface area contributed by atoms with Gasteiger partial charge in [0, 0.05) is 69.3 Å². The average molecular weight is 400 g/mol. The van der Waals surface area contributed by atoms with Crippen LogP contribution in [0, 0.1) is 12.7 Å². The first-order valence-corrected chi connectivity index (χ1v) is 11.1. The van der Waals surface area contributed by atoms with Crippen LogP contribution >= 0.6 is 0 Å². The summed E-state index contributed by atoms with van der Waals surface area (Å²) in [5.74, 6) is -0.162. The van der Waals surface area contributed by atoms with Gasteiger partial charge in [0.05, 0.1) is 5.69 Å². The van der Waals surface area contributed by atoms with Crippen molar-refractivity contribution in [2.24, 2.45) is 0 Å². The second-order valence-electron chi connectivity index (χ2n) is 8.53. The van der Waals surface area contributed by atoms with Gasteiger partial charge in [-0.3, -0.25) is 14.5 Å². The molecule has 0 spiro atoms. The van der Waals surface area contributed by atoms with E-state index in [0.717, 1.165) is 57.9 Å². The maximum absolute atomic E-state index is 13.2. The van der Waals surface area contributed by atoms with Crippen LogP contribution in [0.4, 0.5) is 10.1 Å². The molecule has 1 aromatic heterocycles. The van der Waals surface area contributed by atoms with Gasteiger partial charge in [-0.25, -0.2) is 4.39 Å². The van der Waals surface area contributed by atoms with E-state index in [0.29, 0.717) is 6.04 Å².